The number of hydrogen-bond donors (Lipinski definition) is 2. The smallest absolute Gasteiger partial charge is 0.356 e. The van der Waals surface area contributed by atoms with E-state index in [1.165, 1.54) is 30.2 Å². The van der Waals surface area contributed by atoms with Crippen LogP contribution in [0.2, 0.25) is 0 Å². The zero-order chi connectivity index (χ0) is 17.1. The van der Waals surface area contributed by atoms with Gasteiger partial charge in [0.05, 0.1) is 18.4 Å². The topological polar surface area (TPSA) is 92.2 Å². The molecule has 0 saturated carbocycles. The summed E-state index contributed by atoms with van der Waals surface area (Å²) in [6.45, 7) is 1.92. The quantitative estimate of drug-likeness (QED) is 0.901. The van der Waals surface area contributed by atoms with Crippen LogP contribution in [0.1, 0.15) is 63.5 Å². The second-order valence-electron chi connectivity index (χ2n) is 6.02. The van der Waals surface area contributed by atoms with E-state index < -0.39 is 5.97 Å². The van der Waals surface area contributed by atoms with Crippen molar-refractivity contribution in [3.63, 3.8) is 0 Å². The van der Waals surface area contributed by atoms with Crippen LogP contribution >= 0.6 is 0 Å². The van der Waals surface area contributed by atoms with Crippen LogP contribution in [-0.4, -0.2) is 27.0 Å². The molecule has 2 aromatic rings. The maximum Gasteiger partial charge on any atom is 0.356 e. The van der Waals surface area contributed by atoms with Crippen molar-refractivity contribution in [1.82, 2.24) is 15.3 Å². The molecule has 1 aromatic carbocycles. The molecule has 1 aliphatic carbocycles. The maximum atomic E-state index is 12.2. The van der Waals surface area contributed by atoms with E-state index in [-0.39, 0.29) is 23.3 Å². The Bertz CT molecular complexity index is 772. The highest BCUT2D eigenvalue weighted by atomic mass is 16.4. The van der Waals surface area contributed by atoms with E-state index >= 15 is 0 Å². The van der Waals surface area contributed by atoms with Gasteiger partial charge in [-0.3, -0.25) is 4.79 Å². The average molecular weight is 325 g/mol. The van der Waals surface area contributed by atoms with Crippen molar-refractivity contribution >= 4 is 11.9 Å². The van der Waals surface area contributed by atoms with Crippen LogP contribution in [0, 0.1) is 0 Å². The first-order valence-corrected chi connectivity index (χ1v) is 8.02. The van der Waals surface area contributed by atoms with Crippen LogP contribution in [0.25, 0.3) is 0 Å². The van der Waals surface area contributed by atoms with Crippen molar-refractivity contribution in [1.29, 1.82) is 0 Å². The number of fused-ring (bicyclic) bond motifs is 1. The van der Waals surface area contributed by atoms with Crippen LogP contribution in [0.15, 0.2) is 30.6 Å². The van der Waals surface area contributed by atoms with E-state index in [2.05, 4.69) is 27.4 Å². The Balaban J connectivity index is 1.70. The van der Waals surface area contributed by atoms with Gasteiger partial charge in [0.15, 0.2) is 5.69 Å². The molecule has 1 atom stereocenters. The molecule has 1 unspecified atom stereocenters. The summed E-state index contributed by atoms with van der Waals surface area (Å²) in [6.07, 6.45) is 6.93. The molecule has 0 bridgehead atoms. The zero-order valence-corrected chi connectivity index (χ0v) is 13.5. The number of nitrogens with one attached hydrogen (secondary N) is 1. The second kappa shape index (κ2) is 6.78. The SMILES string of the molecule is CC(NC(=O)c1cnc(C(=O)O)cn1)c1ccc2c(c1)CCCC2. The molecular formula is C18H19N3O3. The number of aromatic nitrogens is 2. The molecule has 1 amide bonds. The number of carbonyl (C=O) groups is 2. The minimum atomic E-state index is -1.17. The van der Waals surface area contributed by atoms with Crippen LogP contribution in [0.3, 0.4) is 0 Å². The summed E-state index contributed by atoms with van der Waals surface area (Å²) in [7, 11) is 0. The Morgan fingerprint density at radius 3 is 2.42 bits per heavy atom. The summed E-state index contributed by atoms with van der Waals surface area (Å²) in [5.74, 6) is -1.54. The minimum Gasteiger partial charge on any atom is -0.476 e. The first-order valence-electron chi connectivity index (χ1n) is 8.02. The Morgan fingerprint density at radius 2 is 1.75 bits per heavy atom. The number of benzene rings is 1. The van der Waals surface area contributed by atoms with Gasteiger partial charge in [-0.2, -0.15) is 0 Å². The zero-order valence-electron chi connectivity index (χ0n) is 13.5. The monoisotopic (exact) mass is 325 g/mol. The van der Waals surface area contributed by atoms with Gasteiger partial charge in [0, 0.05) is 0 Å². The van der Waals surface area contributed by atoms with Gasteiger partial charge in [0.25, 0.3) is 5.91 Å². The van der Waals surface area contributed by atoms with Crippen molar-refractivity contribution in [2.75, 3.05) is 0 Å². The van der Waals surface area contributed by atoms with Gasteiger partial charge >= 0.3 is 5.97 Å². The van der Waals surface area contributed by atoms with Crippen molar-refractivity contribution < 1.29 is 14.7 Å². The predicted molar refractivity (Wildman–Crippen MR) is 88.0 cm³/mol. The van der Waals surface area contributed by atoms with Crippen LogP contribution < -0.4 is 5.32 Å². The van der Waals surface area contributed by atoms with E-state index in [1.807, 2.05) is 13.0 Å². The summed E-state index contributed by atoms with van der Waals surface area (Å²) in [5.41, 5.74) is 3.74. The lowest BCUT2D eigenvalue weighted by atomic mass is 9.89. The highest BCUT2D eigenvalue weighted by Gasteiger charge is 2.16. The van der Waals surface area contributed by atoms with E-state index in [9.17, 15) is 9.59 Å². The Kier molecular flexibility index (Phi) is 4.55. The minimum absolute atomic E-state index is 0.102. The molecule has 24 heavy (non-hydrogen) atoms. The molecule has 2 N–H and O–H groups in total. The fraction of sp³-hybridized carbons (Fsp3) is 0.333. The number of carbonyl (C=O) groups excluding carboxylic acids is 1. The van der Waals surface area contributed by atoms with Gasteiger partial charge in [-0.15, -0.1) is 0 Å². The highest BCUT2D eigenvalue weighted by Crippen LogP contribution is 2.24. The standard InChI is InChI=1S/C18H19N3O3/c1-11(13-7-6-12-4-2-3-5-14(12)8-13)21-17(22)15-9-20-16(10-19-15)18(23)24/h6-11H,2-5H2,1H3,(H,21,22)(H,23,24). The lowest BCUT2D eigenvalue weighted by Crippen LogP contribution is -2.28. The van der Waals surface area contributed by atoms with Gasteiger partial charge in [-0.05, 0) is 49.3 Å². The Morgan fingerprint density at radius 1 is 1.08 bits per heavy atom. The number of hydrogen-bond acceptors (Lipinski definition) is 4. The number of carboxylic acid groups (broad SMARTS) is 1. The van der Waals surface area contributed by atoms with Gasteiger partial charge in [0.1, 0.15) is 5.69 Å². The molecule has 1 heterocycles. The summed E-state index contributed by atoms with van der Waals surface area (Å²) in [6, 6.07) is 6.20. The van der Waals surface area contributed by atoms with Crippen molar-refractivity contribution in [3.8, 4) is 0 Å². The van der Waals surface area contributed by atoms with E-state index in [1.54, 1.807) is 0 Å². The molecule has 1 aromatic heterocycles. The Hall–Kier alpha value is -2.76. The number of aromatic carboxylic acids is 1. The predicted octanol–water partition coefficient (Wildman–Crippen LogP) is 2.54. The number of rotatable bonds is 4. The molecule has 6 heteroatoms. The van der Waals surface area contributed by atoms with Gasteiger partial charge < -0.3 is 10.4 Å². The lowest BCUT2D eigenvalue weighted by molar-refractivity contribution is 0.0689. The molecule has 6 nitrogen and oxygen atoms in total. The molecule has 0 radical (unpaired) electrons. The highest BCUT2D eigenvalue weighted by molar-refractivity contribution is 5.93. The first kappa shape index (κ1) is 16.1. The van der Waals surface area contributed by atoms with Crippen molar-refractivity contribution in [3.05, 3.63) is 58.7 Å². The summed E-state index contributed by atoms with van der Waals surface area (Å²) >= 11 is 0. The second-order valence-corrected chi connectivity index (χ2v) is 6.02. The molecule has 0 spiro atoms. The third kappa shape index (κ3) is 3.42. The maximum absolute atomic E-state index is 12.2. The third-order valence-electron chi connectivity index (χ3n) is 4.32. The number of aryl methyl sites for hydroxylation is 2. The van der Waals surface area contributed by atoms with Crippen molar-refractivity contribution in [2.24, 2.45) is 0 Å². The third-order valence-corrected chi connectivity index (χ3v) is 4.32. The van der Waals surface area contributed by atoms with Gasteiger partial charge in [0.2, 0.25) is 0 Å². The number of amides is 1. The van der Waals surface area contributed by atoms with Gasteiger partial charge in [-0.1, -0.05) is 18.2 Å². The van der Waals surface area contributed by atoms with Crippen molar-refractivity contribution in [2.45, 2.75) is 38.6 Å². The fourth-order valence-corrected chi connectivity index (χ4v) is 2.93. The van der Waals surface area contributed by atoms with Crippen LogP contribution in [-0.2, 0) is 12.8 Å². The molecule has 1 aliphatic rings. The number of nitrogens with zero attached hydrogens (tertiary/aromatic N) is 2. The van der Waals surface area contributed by atoms with Crippen LogP contribution in [0.5, 0.6) is 0 Å². The van der Waals surface area contributed by atoms with E-state index in [0.29, 0.717) is 0 Å². The van der Waals surface area contributed by atoms with E-state index in [0.717, 1.165) is 24.6 Å². The molecule has 3 rings (SSSR count). The molecule has 0 saturated heterocycles. The normalized spacial score (nSPS) is 14.5. The largest absolute Gasteiger partial charge is 0.476 e. The first-order chi connectivity index (χ1) is 11.5. The fourth-order valence-electron chi connectivity index (χ4n) is 2.93. The number of carboxylic acids is 1. The Labute approximate surface area is 140 Å². The summed E-state index contributed by atoms with van der Waals surface area (Å²) in [5, 5.41) is 11.7. The molecule has 0 aliphatic heterocycles. The van der Waals surface area contributed by atoms with E-state index in [4.69, 9.17) is 5.11 Å². The lowest BCUT2D eigenvalue weighted by Gasteiger charge is -2.20. The van der Waals surface area contributed by atoms with Crippen LogP contribution in [0.4, 0.5) is 0 Å². The summed E-state index contributed by atoms with van der Waals surface area (Å²) in [4.78, 5) is 30.6. The summed E-state index contributed by atoms with van der Waals surface area (Å²) < 4.78 is 0. The molecule has 0 fully saturated rings. The van der Waals surface area contributed by atoms with Gasteiger partial charge in [-0.25, -0.2) is 14.8 Å². The average Bonchev–Trinajstić information content (AvgIpc) is 2.61. The molecule has 124 valence electrons. The molecular weight excluding hydrogens is 306 g/mol.